The van der Waals surface area contributed by atoms with Crippen molar-refractivity contribution < 1.29 is 26.3 Å². The highest BCUT2D eigenvalue weighted by Gasteiger charge is 2.36. The fourth-order valence-electron chi connectivity index (χ4n) is 2.35. The monoisotopic (exact) mass is 352 g/mol. The fraction of sp³-hybridized carbons (Fsp3) is 0.571. The average molecular weight is 352 g/mol. The molecule has 0 atom stereocenters. The summed E-state index contributed by atoms with van der Waals surface area (Å²) in [4.78, 5) is 1.39. The van der Waals surface area contributed by atoms with Crippen molar-refractivity contribution in [2.45, 2.75) is 17.5 Å². The van der Waals surface area contributed by atoms with Gasteiger partial charge in [0.2, 0.25) is 10.0 Å². The number of nitrogens with one attached hydrogen (secondary N) is 1. The van der Waals surface area contributed by atoms with Crippen LogP contribution in [-0.4, -0.2) is 52.7 Å². The molecule has 0 bridgehead atoms. The molecule has 1 fully saturated rings. The van der Waals surface area contributed by atoms with Crippen molar-refractivity contribution in [1.29, 1.82) is 0 Å². The molecule has 1 aromatic carbocycles. The number of hydrogen-bond donors (Lipinski definition) is 1. The Bertz CT molecular complexity index is 614. The standard InChI is InChI=1S/C14H19F3N2O3S/c15-14(16,17)12-4-1-2-5-13(12)23(20,21)18-6-3-7-19-8-10-22-11-9-19/h1-2,4-5,18H,3,6-11H2. The van der Waals surface area contributed by atoms with Gasteiger partial charge in [-0.1, -0.05) is 12.1 Å². The van der Waals surface area contributed by atoms with Crippen LogP contribution in [-0.2, 0) is 20.9 Å². The number of hydrogen-bond acceptors (Lipinski definition) is 4. The molecule has 0 saturated carbocycles. The molecule has 23 heavy (non-hydrogen) atoms. The molecule has 130 valence electrons. The van der Waals surface area contributed by atoms with Gasteiger partial charge in [-0.3, -0.25) is 4.90 Å². The predicted octanol–water partition coefficient (Wildman–Crippen LogP) is 1.71. The lowest BCUT2D eigenvalue weighted by atomic mass is 10.2. The van der Waals surface area contributed by atoms with Gasteiger partial charge in [-0.25, -0.2) is 13.1 Å². The zero-order valence-electron chi connectivity index (χ0n) is 12.5. The first-order valence-corrected chi connectivity index (χ1v) is 8.75. The molecule has 1 N–H and O–H groups in total. The maximum absolute atomic E-state index is 12.9. The minimum absolute atomic E-state index is 0.0892. The topological polar surface area (TPSA) is 58.6 Å². The molecule has 2 rings (SSSR count). The Labute approximate surface area is 133 Å². The van der Waals surface area contributed by atoms with Gasteiger partial charge in [0.25, 0.3) is 0 Å². The molecule has 1 heterocycles. The minimum Gasteiger partial charge on any atom is -0.379 e. The highest BCUT2D eigenvalue weighted by molar-refractivity contribution is 7.89. The summed E-state index contributed by atoms with van der Waals surface area (Å²) in [6.07, 6.45) is -4.19. The molecular weight excluding hydrogens is 333 g/mol. The summed E-state index contributed by atoms with van der Waals surface area (Å²) in [7, 11) is -4.19. The van der Waals surface area contributed by atoms with Gasteiger partial charge in [-0.2, -0.15) is 13.2 Å². The first-order valence-electron chi connectivity index (χ1n) is 7.27. The molecule has 0 radical (unpaired) electrons. The number of sulfonamides is 1. The SMILES string of the molecule is O=S(=O)(NCCCN1CCOCC1)c1ccccc1C(F)(F)F. The number of benzene rings is 1. The van der Waals surface area contributed by atoms with Crippen LogP contribution in [0.4, 0.5) is 13.2 Å². The van der Waals surface area contributed by atoms with E-state index in [1.807, 2.05) is 0 Å². The second kappa shape index (κ2) is 7.61. The maximum atomic E-state index is 12.9. The highest BCUT2D eigenvalue weighted by Crippen LogP contribution is 2.33. The van der Waals surface area contributed by atoms with Crippen molar-refractivity contribution in [2.24, 2.45) is 0 Å². The molecule has 0 aromatic heterocycles. The van der Waals surface area contributed by atoms with Crippen molar-refractivity contribution in [2.75, 3.05) is 39.4 Å². The van der Waals surface area contributed by atoms with E-state index in [9.17, 15) is 21.6 Å². The Kier molecular flexibility index (Phi) is 6.01. The largest absolute Gasteiger partial charge is 0.417 e. The highest BCUT2D eigenvalue weighted by atomic mass is 32.2. The average Bonchev–Trinajstić information content (AvgIpc) is 2.52. The van der Waals surface area contributed by atoms with Crippen LogP contribution in [0.3, 0.4) is 0 Å². The summed E-state index contributed by atoms with van der Waals surface area (Å²) in [5.41, 5.74) is -1.15. The first-order chi connectivity index (χ1) is 10.8. The van der Waals surface area contributed by atoms with E-state index >= 15 is 0 Å². The van der Waals surface area contributed by atoms with Crippen LogP contribution < -0.4 is 4.72 Å². The molecule has 0 spiro atoms. The molecule has 1 saturated heterocycles. The number of morpholine rings is 1. The molecule has 1 aliphatic heterocycles. The van der Waals surface area contributed by atoms with Gasteiger partial charge < -0.3 is 4.74 Å². The van der Waals surface area contributed by atoms with E-state index in [-0.39, 0.29) is 6.54 Å². The van der Waals surface area contributed by atoms with Gasteiger partial charge in [0.1, 0.15) is 0 Å². The number of alkyl halides is 3. The van der Waals surface area contributed by atoms with E-state index < -0.39 is 26.7 Å². The summed E-state index contributed by atoms with van der Waals surface area (Å²) >= 11 is 0. The van der Waals surface area contributed by atoms with Crippen LogP contribution in [0.15, 0.2) is 29.2 Å². The van der Waals surface area contributed by atoms with Crippen molar-refractivity contribution in [1.82, 2.24) is 9.62 Å². The van der Waals surface area contributed by atoms with E-state index in [1.165, 1.54) is 12.1 Å². The molecule has 0 amide bonds. The molecule has 0 unspecified atom stereocenters. The summed E-state index contributed by atoms with van der Waals surface area (Å²) in [6, 6.07) is 4.17. The van der Waals surface area contributed by atoms with Gasteiger partial charge in [-0.15, -0.1) is 0 Å². The molecule has 5 nitrogen and oxygen atoms in total. The first kappa shape index (κ1) is 18.2. The third-order valence-electron chi connectivity index (χ3n) is 3.53. The predicted molar refractivity (Wildman–Crippen MR) is 78.5 cm³/mol. The van der Waals surface area contributed by atoms with Crippen molar-refractivity contribution in [3.63, 3.8) is 0 Å². The summed E-state index contributed by atoms with van der Waals surface area (Å²) in [5.74, 6) is 0. The minimum atomic E-state index is -4.71. The Hall–Kier alpha value is -1.16. The van der Waals surface area contributed by atoms with Crippen LogP contribution in [0.1, 0.15) is 12.0 Å². The Morgan fingerprint density at radius 1 is 1.17 bits per heavy atom. The molecule has 0 aliphatic carbocycles. The Morgan fingerprint density at radius 2 is 1.83 bits per heavy atom. The number of rotatable bonds is 6. The number of nitrogens with zero attached hydrogens (tertiary/aromatic N) is 1. The quantitative estimate of drug-likeness (QED) is 0.792. The van der Waals surface area contributed by atoms with Crippen molar-refractivity contribution in [3.8, 4) is 0 Å². The van der Waals surface area contributed by atoms with Crippen LogP contribution >= 0.6 is 0 Å². The number of halogens is 3. The lowest BCUT2D eigenvalue weighted by Gasteiger charge is -2.26. The molecule has 1 aliphatic rings. The third-order valence-corrected chi connectivity index (χ3v) is 5.05. The van der Waals surface area contributed by atoms with Gasteiger partial charge in [-0.05, 0) is 25.1 Å². The zero-order valence-corrected chi connectivity index (χ0v) is 13.3. The second-order valence-electron chi connectivity index (χ2n) is 5.20. The third kappa shape index (κ3) is 5.17. The van der Waals surface area contributed by atoms with E-state index in [0.29, 0.717) is 26.2 Å². The van der Waals surface area contributed by atoms with Crippen LogP contribution in [0.25, 0.3) is 0 Å². The maximum Gasteiger partial charge on any atom is 0.417 e. The Morgan fingerprint density at radius 3 is 2.48 bits per heavy atom. The number of ether oxygens (including phenoxy) is 1. The lowest BCUT2D eigenvalue weighted by Crippen LogP contribution is -2.38. The van der Waals surface area contributed by atoms with Gasteiger partial charge in [0.15, 0.2) is 0 Å². The Balaban J connectivity index is 1.94. The van der Waals surface area contributed by atoms with E-state index in [0.717, 1.165) is 25.2 Å². The van der Waals surface area contributed by atoms with Crippen LogP contribution in [0, 0.1) is 0 Å². The summed E-state index contributed by atoms with van der Waals surface area (Å²) < 4.78 is 70.4. The van der Waals surface area contributed by atoms with Crippen molar-refractivity contribution in [3.05, 3.63) is 29.8 Å². The summed E-state index contributed by atoms with van der Waals surface area (Å²) in [6.45, 7) is 3.61. The molecule has 1 aromatic rings. The van der Waals surface area contributed by atoms with E-state index in [4.69, 9.17) is 4.74 Å². The smallest absolute Gasteiger partial charge is 0.379 e. The van der Waals surface area contributed by atoms with Gasteiger partial charge in [0, 0.05) is 19.6 Å². The molecular formula is C14H19F3N2O3S. The summed E-state index contributed by atoms with van der Waals surface area (Å²) in [5, 5.41) is 0. The van der Waals surface area contributed by atoms with Crippen LogP contribution in [0.2, 0.25) is 0 Å². The van der Waals surface area contributed by atoms with E-state index in [1.54, 1.807) is 0 Å². The van der Waals surface area contributed by atoms with E-state index in [2.05, 4.69) is 9.62 Å². The van der Waals surface area contributed by atoms with Crippen molar-refractivity contribution >= 4 is 10.0 Å². The van der Waals surface area contributed by atoms with Crippen LogP contribution in [0.5, 0.6) is 0 Å². The second-order valence-corrected chi connectivity index (χ2v) is 6.93. The lowest BCUT2D eigenvalue weighted by molar-refractivity contribution is -0.139. The zero-order chi connectivity index (χ0) is 16.9. The van der Waals surface area contributed by atoms with Gasteiger partial charge in [0.05, 0.1) is 23.7 Å². The molecule has 9 heteroatoms. The van der Waals surface area contributed by atoms with Gasteiger partial charge >= 0.3 is 6.18 Å². The normalized spacial score (nSPS) is 17.3. The fourth-order valence-corrected chi connectivity index (χ4v) is 3.65.